The monoisotopic (exact) mass is 381 g/mol. The van der Waals surface area contributed by atoms with Gasteiger partial charge in [0.25, 0.3) is 0 Å². The molecular formula is C18H21BrClNO. The first-order valence-corrected chi connectivity index (χ1v) is 8.57. The smallest absolute Gasteiger partial charge is 0.143 e. The van der Waals surface area contributed by atoms with Crippen LogP contribution in [0.3, 0.4) is 0 Å². The van der Waals surface area contributed by atoms with Gasteiger partial charge in [0.05, 0.1) is 0 Å². The van der Waals surface area contributed by atoms with Gasteiger partial charge in [-0.05, 0) is 64.5 Å². The standard InChI is InChI=1S/C18H20BrNO.ClH/c19-14-21-18-8-6-17(7-9-18)20-12-10-16(11-13-20)15-4-2-1-3-5-15;/h1-9,16H,10-14H2;1H. The number of rotatable bonds is 4. The van der Waals surface area contributed by atoms with Crippen LogP contribution in [0.5, 0.6) is 5.75 Å². The molecule has 1 aliphatic rings. The Morgan fingerprint density at radius 1 is 0.955 bits per heavy atom. The normalized spacial score (nSPS) is 15.2. The fraction of sp³-hybridized carbons (Fsp3) is 0.333. The highest BCUT2D eigenvalue weighted by Gasteiger charge is 2.20. The molecule has 0 unspecified atom stereocenters. The van der Waals surface area contributed by atoms with E-state index in [2.05, 4.69) is 63.3 Å². The van der Waals surface area contributed by atoms with Crippen LogP contribution in [-0.4, -0.2) is 18.6 Å². The van der Waals surface area contributed by atoms with Gasteiger partial charge in [-0.15, -0.1) is 12.4 Å². The molecule has 0 saturated carbocycles. The molecular weight excluding hydrogens is 362 g/mol. The maximum Gasteiger partial charge on any atom is 0.143 e. The maximum absolute atomic E-state index is 5.42. The Kier molecular flexibility index (Phi) is 6.59. The number of halogens is 2. The Bertz CT molecular complexity index is 553. The molecule has 1 aliphatic heterocycles. The van der Waals surface area contributed by atoms with Crippen molar-refractivity contribution in [3.05, 3.63) is 60.2 Å². The van der Waals surface area contributed by atoms with E-state index in [-0.39, 0.29) is 12.4 Å². The van der Waals surface area contributed by atoms with Crippen molar-refractivity contribution in [2.45, 2.75) is 18.8 Å². The highest BCUT2D eigenvalue weighted by atomic mass is 79.9. The van der Waals surface area contributed by atoms with Gasteiger partial charge in [-0.25, -0.2) is 0 Å². The summed E-state index contributed by atoms with van der Waals surface area (Å²) in [6.45, 7) is 2.25. The van der Waals surface area contributed by atoms with E-state index < -0.39 is 0 Å². The predicted octanol–water partition coefficient (Wildman–Crippen LogP) is 5.22. The largest absolute Gasteiger partial charge is 0.482 e. The summed E-state index contributed by atoms with van der Waals surface area (Å²) in [7, 11) is 0. The number of nitrogens with zero attached hydrogens (tertiary/aromatic N) is 1. The first-order valence-electron chi connectivity index (χ1n) is 7.45. The highest BCUT2D eigenvalue weighted by Crippen LogP contribution is 2.30. The summed E-state index contributed by atoms with van der Waals surface area (Å²) < 4.78 is 5.42. The Morgan fingerprint density at radius 2 is 1.59 bits per heavy atom. The van der Waals surface area contributed by atoms with Gasteiger partial charge >= 0.3 is 0 Å². The third-order valence-corrected chi connectivity index (χ3v) is 4.42. The zero-order chi connectivity index (χ0) is 14.5. The van der Waals surface area contributed by atoms with E-state index in [0.29, 0.717) is 11.4 Å². The van der Waals surface area contributed by atoms with E-state index in [4.69, 9.17) is 4.74 Å². The van der Waals surface area contributed by atoms with Crippen molar-refractivity contribution < 1.29 is 4.74 Å². The van der Waals surface area contributed by atoms with Crippen LogP contribution in [0.2, 0.25) is 0 Å². The Hall–Kier alpha value is -1.19. The summed E-state index contributed by atoms with van der Waals surface area (Å²) in [4.78, 5) is 2.47. The molecule has 4 heteroatoms. The second kappa shape index (κ2) is 8.44. The van der Waals surface area contributed by atoms with E-state index in [0.717, 1.165) is 18.8 Å². The van der Waals surface area contributed by atoms with Gasteiger partial charge in [-0.1, -0.05) is 30.3 Å². The lowest BCUT2D eigenvalue weighted by Gasteiger charge is -2.34. The number of hydrogen-bond donors (Lipinski definition) is 0. The number of benzene rings is 2. The number of alkyl halides is 1. The molecule has 1 saturated heterocycles. The molecule has 2 nitrogen and oxygen atoms in total. The maximum atomic E-state index is 5.42. The summed E-state index contributed by atoms with van der Waals surface area (Å²) in [5.41, 5.74) is 3.32. The van der Waals surface area contributed by atoms with Crippen LogP contribution in [0.15, 0.2) is 54.6 Å². The first-order chi connectivity index (χ1) is 10.4. The molecule has 0 atom stereocenters. The second-order valence-electron chi connectivity index (χ2n) is 5.42. The van der Waals surface area contributed by atoms with Crippen LogP contribution in [0.4, 0.5) is 5.69 Å². The van der Waals surface area contributed by atoms with E-state index in [1.54, 1.807) is 0 Å². The molecule has 0 aliphatic carbocycles. The minimum atomic E-state index is 0. The molecule has 0 aromatic heterocycles. The molecule has 0 N–H and O–H groups in total. The Morgan fingerprint density at radius 3 is 2.18 bits per heavy atom. The summed E-state index contributed by atoms with van der Waals surface area (Å²) in [6, 6.07) is 19.3. The van der Waals surface area contributed by atoms with Crippen molar-refractivity contribution in [3.8, 4) is 5.75 Å². The van der Waals surface area contributed by atoms with E-state index in [9.17, 15) is 0 Å². The SMILES string of the molecule is BrCOc1ccc(N2CCC(c3ccccc3)CC2)cc1.Cl. The molecule has 3 rings (SSSR count). The molecule has 2 aromatic carbocycles. The van der Waals surface area contributed by atoms with Crippen LogP contribution in [0, 0.1) is 0 Å². The van der Waals surface area contributed by atoms with Gasteiger partial charge in [0.2, 0.25) is 0 Å². The molecule has 2 aromatic rings. The molecule has 1 fully saturated rings. The van der Waals surface area contributed by atoms with Crippen LogP contribution >= 0.6 is 28.3 Å². The van der Waals surface area contributed by atoms with E-state index in [1.807, 2.05) is 12.1 Å². The summed E-state index contributed by atoms with van der Waals surface area (Å²) in [5, 5.41) is 0. The number of ether oxygens (including phenoxy) is 1. The molecule has 0 amide bonds. The average Bonchev–Trinajstić information content (AvgIpc) is 2.57. The van der Waals surface area contributed by atoms with Gasteiger partial charge in [-0.3, -0.25) is 0 Å². The lowest BCUT2D eigenvalue weighted by Crippen LogP contribution is -2.32. The third kappa shape index (κ3) is 4.17. The second-order valence-corrected chi connectivity index (χ2v) is 5.88. The number of anilines is 1. The zero-order valence-electron chi connectivity index (χ0n) is 12.5. The third-order valence-electron chi connectivity index (χ3n) is 4.19. The fourth-order valence-corrected chi connectivity index (χ4v) is 3.28. The molecule has 118 valence electrons. The minimum absolute atomic E-state index is 0. The van der Waals surface area contributed by atoms with Gasteiger partial charge in [0, 0.05) is 18.8 Å². The topological polar surface area (TPSA) is 12.5 Å². The number of hydrogen-bond acceptors (Lipinski definition) is 2. The lowest BCUT2D eigenvalue weighted by molar-refractivity contribution is 0.398. The van der Waals surface area contributed by atoms with Crippen molar-refractivity contribution in [3.63, 3.8) is 0 Å². The summed E-state index contributed by atoms with van der Waals surface area (Å²) in [6.07, 6.45) is 2.45. The fourth-order valence-electron chi connectivity index (χ4n) is 3.01. The van der Waals surface area contributed by atoms with Crippen LogP contribution < -0.4 is 9.64 Å². The van der Waals surface area contributed by atoms with Crippen molar-refractivity contribution in [1.82, 2.24) is 0 Å². The van der Waals surface area contributed by atoms with E-state index >= 15 is 0 Å². The molecule has 0 spiro atoms. The van der Waals surface area contributed by atoms with Gasteiger partial charge < -0.3 is 9.64 Å². The Labute approximate surface area is 147 Å². The molecule has 22 heavy (non-hydrogen) atoms. The summed E-state index contributed by atoms with van der Waals surface area (Å²) >= 11 is 3.28. The predicted molar refractivity (Wildman–Crippen MR) is 98.7 cm³/mol. The summed E-state index contributed by atoms with van der Waals surface area (Å²) in [5.74, 6) is 1.62. The molecule has 0 radical (unpaired) electrons. The van der Waals surface area contributed by atoms with Gasteiger partial charge in [0.15, 0.2) is 0 Å². The van der Waals surface area contributed by atoms with Crippen LogP contribution in [0.1, 0.15) is 24.3 Å². The van der Waals surface area contributed by atoms with Crippen LogP contribution in [-0.2, 0) is 0 Å². The average molecular weight is 383 g/mol. The van der Waals surface area contributed by atoms with Gasteiger partial charge in [-0.2, -0.15) is 0 Å². The van der Waals surface area contributed by atoms with Gasteiger partial charge in [0.1, 0.15) is 11.3 Å². The Balaban J connectivity index is 0.00000176. The van der Waals surface area contributed by atoms with Crippen LogP contribution in [0.25, 0.3) is 0 Å². The highest BCUT2D eigenvalue weighted by molar-refractivity contribution is 9.09. The van der Waals surface area contributed by atoms with E-state index in [1.165, 1.54) is 24.1 Å². The molecule has 0 bridgehead atoms. The lowest BCUT2D eigenvalue weighted by atomic mass is 9.89. The zero-order valence-corrected chi connectivity index (χ0v) is 14.9. The van der Waals surface area contributed by atoms with Crippen molar-refractivity contribution in [1.29, 1.82) is 0 Å². The van der Waals surface area contributed by atoms with Crippen molar-refractivity contribution in [2.24, 2.45) is 0 Å². The quantitative estimate of drug-likeness (QED) is 0.672. The van der Waals surface area contributed by atoms with Crippen molar-refractivity contribution >= 4 is 34.0 Å². The van der Waals surface area contributed by atoms with Crippen molar-refractivity contribution in [2.75, 3.05) is 23.5 Å². The minimum Gasteiger partial charge on any atom is -0.482 e. The first kappa shape index (κ1) is 17.2. The molecule has 1 heterocycles. The number of piperidine rings is 1.